The van der Waals surface area contributed by atoms with Crippen LogP contribution in [-0.2, 0) is 6.54 Å². The zero-order valence-electron chi connectivity index (χ0n) is 14.4. The first-order valence-corrected chi connectivity index (χ1v) is 8.71. The first-order chi connectivity index (χ1) is 11.8. The zero-order valence-corrected chi connectivity index (χ0v) is 14.4. The number of rotatable bonds is 6. The van der Waals surface area contributed by atoms with Gasteiger partial charge in [-0.05, 0) is 29.8 Å². The van der Waals surface area contributed by atoms with E-state index in [1.807, 2.05) is 36.5 Å². The quantitative estimate of drug-likeness (QED) is 0.654. The molecule has 0 bridgehead atoms. The molecule has 1 aliphatic rings. The van der Waals surface area contributed by atoms with E-state index >= 15 is 0 Å². The van der Waals surface area contributed by atoms with Gasteiger partial charge in [-0.15, -0.1) is 0 Å². The van der Waals surface area contributed by atoms with Gasteiger partial charge < -0.3 is 4.90 Å². The number of piperazine rings is 1. The number of likely N-dealkylation sites (N-methyl/N-ethyl adjacent to an activating group) is 1. The van der Waals surface area contributed by atoms with Crippen LogP contribution < -0.4 is 5.43 Å². The van der Waals surface area contributed by atoms with E-state index in [0.717, 1.165) is 30.9 Å². The molecule has 0 saturated carbocycles. The number of para-hydroxylation sites is 1. The minimum absolute atomic E-state index is 0.997. The first-order valence-electron chi connectivity index (χ1n) is 8.71. The molecule has 1 aliphatic heterocycles. The molecule has 2 aromatic rings. The molecule has 1 fully saturated rings. The summed E-state index contributed by atoms with van der Waals surface area (Å²) in [4.78, 5) is 5.04. The summed E-state index contributed by atoms with van der Waals surface area (Å²) in [6.45, 7) is 9.15. The van der Waals surface area contributed by atoms with Gasteiger partial charge >= 0.3 is 0 Å². The fraction of sp³-hybridized carbons (Fsp3) is 0.350. The average molecular weight is 322 g/mol. The highest BCUT2D eigenvalue weighted by molar-refractivity contribution is 5.80. The summed E-state index contributed by atoms with van der Waals surface area (Å²) in [5.74, 6) is 0. The molecular weight excluding hydrogens is 296 g/mol. The molecular formula is C20H26N4. The van der Waals surface area contributed by atoms with Crippen LogP contribution in [0.4, 0.5) is 5.69 Å². The van der Waals surface area contributed by atoms with Crippen molar-refractivity contribution < 1.29 is 0 Å². The summed E-state index contributed by atoms with van der Waals surface area (Å²) in [7, 11) is 0. The lowest BCUT2D eigenvalue weighted by atomic mass is 10.1. The molecule has 0 unspecified atom stereocenters. The van der Waals surface area contributed by atoms with E-state index < -0.39 is 0 Å². The molecule has 1 saturated heterocycles. The molecule has 0 aliphatic carbocycles. The predicted molar refractivity (Wildman–Crippen MR) is 101 cm³/mol. The van der Waals surface area contributed by atoms with Crippen molar-refractivity contribution in [1.29, 1.82) is 0 Å². The second-order valence-corrected chi connectivity index (χ2v) is 6.19. The monoisotopic (exact) mass is 322 g/mol. The molecule has 4 nitrogen and oxygen atoms in total. The Bertz CT molecular complexity index is 628. The van der Waals surface area contributed by atoms with Crippen LogP contribution in [0.1, 0.15) is 18.1 Å². The van der Waals surface area contributed by atoms with E-state index in [1.165, 1.54) is 25.2 Å². The van der Waals surface area contributed by atoms with Gasteiger partial charge in [0, 0.05) is 32.7 Å². The SMILES string of the molecule is CCN1CCN(Cc2ccc(C=NNc3ccccc3)cc2)CC1. The smallest absolute Gasteiger partial charge is 0.0561 e. The number of nitrogens with zero attached hydrogens (tertiary/aromatic N) is 3. The Balaban J connectivity index is 1.48. The molecule has 0 atom stereocenters. The van der Waals surface area contributed by atoms with Crippen molar-refractivity contribution in [3.8, 4) is 0 Å². The van der Waals surface area contributed by atoms with Crippen molar-refractivity contribution in [1.82, 2.24) is 9.80 Å². The fourth-order valence-electron chi connectivity index (χ4n) is 2.92. The number of anilines is 1. The summed E-state index contributed by atoms with van der Waals surface area (Å²) in [6, 6.07) is 18.7. The summed E-state index contributed by atoms with van der Waals surface area (Å²) in [5, 5.41) is 4.28. The Morgan fingerprint density at radius 1 is 0.917 bits per heavy atom. The van der Waals surface area contributed by atoms with Crippen LogP contribution in [0.25, 0.3) is 0 Å². The highest BCUT2D eigenvalue weighted by atomic mass is 15.3. The third-order valence-corrected chi connectivity index (χ3v) is 4.48. The highest BCUT2D eigenvalue weighted by Crippen LogP contribution is 2.10. The normalized spacial score (nSPS) is 16.5. The molecule has 2 aromatic carbocycles. The summed E-state index contributed by atoms with van der Waals surface area (Å²) >= 11 is 0. The lowest BCUT2D eigenvalue weighted by molar-refractivity contribution is 0.132. The van der Waals surface area contributed by atoms with Crippen LogP contribution in [0.2, 0.25) is 0 Å². The van der Waals surface area contributed by atoms with E-state index in [2.05, 4.69) is 51.5 Å². The van der Waals surface area contributed by atoms with Crippen LogP contribution in [0.5, 0.6) is 0 Å². The van der Waals surface area contributed by atoms with Gasteiger partial charge in [0.2, 0.25) is 0 Å². The molecule has 0 aromatic heterocycles. The maximum Gasteiger partial charge on any atom is 0.0561 e. The number of hydrazone groups is 1. The van der Waals surface area contributed by atoms with Gasteiger partial charge in [-0.2, -0.15) is 5.10 Å². The molecule has 0 spiro atoms. The van der Waals surface area contributed by atoms with Gasteiger partial charge in [-0.3, -0.25) is 10.3 Å². The third-order valence-electron chi connectivity index (χ3n) is 4.48. The van der Waals surface area contributed by atoms with Gasteiger partial charge in [0.05, 0.1) is 11.9 Å². The number of hydrogen-bond acceptors (Lipinski definition) is 4. The maximum absolute atomic E-state index is 4.28. The van der Waals surface area contributed by atoms with Gasteiger partial charge in [0.1, 0.15) is 0 Å². The van der Waals surface area contributed by atoms with Gasteiger partial charge in [0.15, 0.2) is 0 Å². The van der Waals surface area contributed by atoms with Crippen molar-refractivity contribution in [3.63, 3.8) is 0 Å². The van der Waals surface area contributed by atoms with E-state index in [9.17, 15) is 0 Å². The largest absolute Gasteiger partial charge is 0.301 e. The lowest BCUT2D eigenvalue weighted by Crippen LogP contribution is -2.45. The van der Waals surface area contributed by atoms with Crippen LogP contribution in [0, 0.1) is 0 Å². The Labute approximate surface area is 144 Å². The molecule has 3 rings (SSSR count). The standard InChI is InChI=1S/C20H26N4/c1-2-23-12-14-24(15-13-23)17-19-10-8-18(9-11-19)16-21-22-20-6-4-3-5-7-20/h3-11,16,22H,2,12-15,17H2,1H3. The van der Waals surface area contributed by atoms with Crippen molar-refractivity contribution in [2.75, 3.05) is 38.1 Å². The van der Waals surface area contributed by atoms with Gasteiger partial charge in [0.25, 0.3) is 0 Å². The third kappa shape index (κ3) is 4.91. The van der Waals surface area contributed by atoms with Crippen molar-refractivity contribution >= 4 is 11.9 Å². The molecule has 126 valence electrons. The minimum atomic E-state index is 0.997. The van der Waals surface area contributed by atoms with Gasteiger partial charge in [-0.1, -0.05) is 49.4 Å². The topological polar surface area (TPSA) is 30.9 Å². The summed E-state index contributed by atoms with van der Waals surface area (Å²) in [5.41, 5.74) is 6.51. The van der Waals surface area contributed by atoms with Crippen LogP contribution >= 0.6 is 0 Å². The minimum Gasteiger partial charge on any atom is -0.301 e. The highest BCUT2D eigenvalue weighted by Gasteiger charge is 2.15. The van der Waals surface area contributed by atoms with E-state index in [0.29, 0.717) is 0 Å². The average Bonchev–Trinajstić information content (AvgIpc) is 2.65. The molecule has 1 N–H and O–H groups in total. The van der Waals surface area contributed by atoms with Crippen LogP contribution in [0.15, 0.2) is 59.7 Å². The molecule has 24 heavy (non-hydrogen) atoms. The Morgan fingerprint density at radius 2 is 1.58 bits per heavy atom. The number of nitrogens with one attached hydrogen (secondary N) is 1. The van der Waals surface area contributed by atoms with E-state index in [1.54, 1.807) is 0 Å². The Kier molecular flexibility index (Phi) is 5.99. The van der Waals surface area contributed by atoms with Crippen LogP contribution in [0.3, 0.4) is 0 Å². The van der Waals surface area contributed by atoms with Gasteiger partial charge in [-0.25, -0.2) is 0 Å². The van der Waals surface area contributed by atoms with Crippen LogP contribution in [-0.4, -0.2) is 48.7 Å². The molecule has 0 amide bonds. The lowest BCUT2D eigenvalue weighted by Gasteiger charge is -2.34. The molecule has 4 heteroatoms. The van der Waals surface area contributed by atoms with E-state index in [-0.39, 0.29) is 0 Å². The Morgan fingerprint density at radius 3 is 2.25 bits per heavy atom. The zero-order chi connectivity index (χ0) is 16.6. The van der Waals surface area contributed by atoms with Crippen molar-refractivity contribution in [2.45, 2.75) is 13.5 Å². The summed E-state index contributed by atoms with van der Waals surface area (Å²) < 4.78 is 0. The molecule has 1 heterocycles. The number of benzene rings is 2. The Hall–Kier alpha value is -2.17. The first kappa shape index (κ1) is 16.7. The number of hydrogen-bond donors (Lipinski definition) is 1. The van der Waals surface area contributed by atoms with Crippen molar-refractivity contribution in [2.24, 2.45) is 5.10 Å². The summed E-state index contributed by atoms with van der Waals surface area (Å²) in [6.07, 6.45) is 1.86. The van der Waals surface area contributed by atoms with Crippen molar-refractivity contribution in [3.05, 3.63) is 65.7 Å². The fourth-order valence-corrected chi connectivity index (χ4v) is 2.92. The second-order valence-electron chi connectivity index (χ2n) is 6.19. The predicted octanol–water partition coefficient (Wildman–Crippen LogP) is 3.27. The second kappa shape index (κ2) is 8.62. The molecule has 0 radical (unpaired) electrons. The van der Waals surface area contributed by atoms with E-state index in [4.69, 9.17) is 0 Å². The maximum atomic E-state index is 4.28.